The van der Waals surface area contributed by atoms with Crippen LogP contribution in [0.3, 0.4) is 0 Å². The van der Waals surface area contributed by atoms with Crippen LogP contribution in [0.5, 0.6) is 0 Å². The highest BCUT2D eigenvalue weighted by Gasteiger charge is 2.10. The predicted octanol–water partition coefficient (Wildman–Crippen LogP) is 5.19. The lowest BCUT2D eigenvalue weighted by molar-refractivity contribution is 0.444. The fourth-order valence-electron chi connectivity index (χ4n) is 2.56. The van der Waals surface area contributed by atoms with Gasteiger partial charge >= 0.3 is 0 Å². The maximum absolute atomic E-state index is 6.10. The number of aryl methyl sites for hydroxylation is 1. The maximum atomic E-state index is 6.10. The van der Waals surface area contributed by atoms with Gasteiger partial charge in [0.25, 0.3) is 0 Å². The molecule has 0 saturated carbocycles. The first kappa shape index (κ1) is 16.5. The highest BCUT2D eigenvalue weighted by atomic mass is 35.5. The summed E-state index contributed by atoms with van der Waals surface area (Å²) in [7, 11) is 0. The SMILES string of the molecule is CCCNCC(CCc1ccsc1)Cc1cccc(Cl)c1. The monoisotopic (exact) mass is 321 g/mol. The van der Waals surface area contributed by atoms with Crippen LogP contribution in [0.1, 0.15) is 30.9 Å². The summed E-state index contributed by atoms with van der Waals surface area (Å²) in [5, 5.41) is 8.83. The van der Waals surface area contributed by atoms with Crippen molar-refractivity contribution in [2.45, 2.75) is 32.6 Å². The molecule has 1 N–H and O–H groups in total. The smallest absolute Gasteiger partial charge is 0.0408 e. The van der Waals surface area contributed by atoms with Crippen LogP contribution in [0.15, 0.2) is 41.1 Å². The van der Waals surface area contributed by atoms with E-state index in [1.165, 1.54) is 30.4 Å². The molecule has 1 unspecified atom stereocenters. The molecule has 0 spiro atoms. The highest BCUT2D eigenvalue weighted by Crippen LogP contribution is 2.19. The molecule has 1 aromatic heterocycles. The van der Waals surface area contributed by atoms with Gasteiger partial charge in [-0.3, -0.25) is 0 Å². The third-order valence-electron chi connectivity index (χ3n) is 3.69. The van der Waals surface area contributed by atoms with E-state index >= 15 is 0 Å². The summed E-state index contributed by atoms with van der Waals surface area (Å²) in [4.78, 5) is 0. The van der Waals surface area contributed by atoms with Crippen LogP contribution in [0.25, 0.3) is 0 Å². The van der Waals surface area contributed by atoms with Gasteiger partial charge in [0.2, 0.25) is 0 Å². The predicted molar refractivity (Wildman–Crippen MR) is 94.4 cm³/mol. The molecular weight excluding hydrogens is 298 g/mol. The summed E-state index contributed by atoms with van der Waals surface area (Å²) in [6, 6.07) is 10.5. The second-order valence-corrected chi connectivity index (χ2v) is 6.79. The zero-order valence-electron chi connectivity index (χ0n) is 12.6. The molecule has 3 heteroatoms. The summed E-state index contributed by atoms with van der Waals surface area (Å²) >= 11 is 7.88. The largest absolute Gasteiger partial charge is 0.316 e. The first-order valence-electron chi connectivity index (χ1n) is 7.74. The highest BCUT2D eigenvalue weighted by molar-refractivity contribution is 7.07. The molecule has 0 fully saturated rings. The Labute approximate surface area is 137 Å². The van der Waals surface area contributed by atoms with Gasteiger partial charge in [0.15, 0.2) is 0 Å². The van der Waals surface area contributed by atoms with Gasteiger partial charge in [0, 0.05) is 5.02 Å². The number of nitrogens with one attached hydrogen (secondary N) is 1. The van der Waals surface area contributed by atoms with E-state index in [2.05, 4.69) is 41.2 Å². The van der Waals surface area contributed by atoms with E-state index in [-0.39, 0.29) is 0 Å². The van der Waals surface area contributed by atoms with Gasteiger partial charge in [0.05, 0.1) is 0 Å². The summed E-state index contributed by atoms with van der Waals surface area (Å²) in [5.74, 6) is 0.662. The quantitative estimate of drug-likeness (QED) is 0.626. The average Bonchev–Trinajstić information content (AvgIpc) is 2.98. The first-order valence-corrected chi connectivity index (χ1v) is 9.06. The molecule has 1 heterocycles. The van der Waals surface area contributed by atoms with E-state index in [4.69, 9.17) is 11.6 Å². The van der Waals surface area contributed by atoms with E-state index in [0.29, 0.717) is 5.92 Å². The molecule has 1 atom stereocenters. The van der Waals surface area contributed by atoms with Crippen LogP contribution >= 0.6 is 22.9 Å². The lowest BCUT2D eigenvalue weighted by atomic mass is 9.93. The summed E-state index contributed by atoms with van der Waals surface area (Å²) in [5.41, 5.74) is 2.81. The summed E-state index contributed by atoms with van der Waals surface area (Å²) in [6.07, 6.45) is 4.68. The van der Waals surface area contributed by atoms with Crippen molar-refractivity contribution in [3.63, 3.8) is 0 Å². The van der Waals surface area contributed by atoms with Crippen molar-refractivity contribution in [2.24, 2.45) is 5.92 Å². The molecular formula is C18H24ClNS. The number of thiophene rings is 1. The van der Waals surface area contributed by atoms with E-state index in [1.54, 1.807) is 11.3 Å². The van der Waals surface area contributed by atoms with E-state index in [9.17, 15) is 0 Å². The summed E-state index contributed by atoms with van der Waals surface area (Å²) < 4.78 is 0. The van der Waals surface area contributed by atoms with Crippen molar-refractivity contribution in [2.75, 3.05) is 13.1 Å². The second-order valence-electron chi connectivity index (χ2n) is 5.57. The van der Waals surface area contributed by atoms with Gasteiger partial charge in [-0.25, -0.2) is 0 Å². The fraction of sp³-hybridized carbons (Fsp3) is 0.444. The van der Waals surface area contributed by atoms with Crippen LogP contribution in [0.4, 0.5) is 0 Å². The van der Waals surface area contributed by atoms with Crippen LogP contribution in [-0.4, -0.2) is 13.1 Å². The molecule has 0 aliphatic rings. The Morgan fingerprint density at radius 2 is 2.14 bits per heavy atom. The first-order chi connectivity index (χ1) is 10.3. The van der Waals surface area contributed by atoms with Gasteiger partial charge in [-0.15, -0.1) is 0 Å². The van der Waals surface area contributed by atoms with Crippen LogP contribution in [0.2, 0.25) is 5.02 Å². The van der Waals surface area contributed by atoms with Gasteiger partial charge < -0.3 is 5.32 Å². The van der Waals surface area contributed by atoms with Crippen molar-refractivity contribution in [1.29, 1.82) is 0 Å². The molecule has 21 heavy (non-hydrogen) atoms. The Morgan fingerprint density at radius 3 is 2.86 bits per heavy atom. The minimum Gasteiger partial charge on any atom is -0.316 e. The van der Waals surface area contributed by atoms with Crippen LogP contribution < -0.4 is 5.32 Å². The molecule has 0 radical (unpaired) electrons. The van der Waals surface area contributed by atoms with Gasteiger partial charge in [0.1, 0.15) is 0 Å². The molecule has 114 valence electrons. The molecule has 0 bridgehead atoms. The van der Waals surface area contributed by atoms with Crippen LogP contribution in [-0.2, 0) is 12.8 Å². The topological polar surface area (TPSA) is 12.0 Å². The molecule has 0 aliphatic carbocycles. The Morgan fingerprint density at radius 1 is 1.24 bits per heavy atom. The lowest BCUT2D eigenvalue weighted by Crippen LogP contribution is -2.25. The molecule has 1 nitrogen and oxygen atoms in total. The van der Waals surface area contributed by atoms with Gasteiger partial charge in [-0.05, 0) is 84.8 Å². The molecule has 2 rings (SSSR count). The Bertz CT molecular complexity index is 510. The molecule has 0 amide bonds. The third kappa shape index (κ3) is 6.21. The third-order valence-corrected chi connectivity index (χ3v) is 4.66. The van der Waals surface area contributed by atoms with Gasteiger partial charge in [-0.1, -0.05) is 30.7 Å². The second kappa shape index (κ2) is 9.24. The Kier molecular flexibility index (Phi) is 7.28. The number of halogens is 1. The molecule has 1 aromatic carbocycles. The van der Waals surface area contributed by atoms with E-state index in [0.717, 1.165) is 24.5 Å². The zero-order chi connectivity index (χ0) is 14.9. The maximum Gasteiger partial charge on any atom is 0.0408 e. The fourth-order valence-corrected chi connectivity index (χ4v) is 3.48. The molecule has 0 saturated heterocycles. The van der Waals surface area contributed by atoms with E-state index < -0.39 is 0 Å². The Balaban J connectivity index is 1.90. The van der Waals surface area contributed by atoms with Crippen molar-refractivity contribution in [3.8, 4) is 0 Å². The Hall–Kier alpha value is -0.830. The standard InChI is InChI=1S/C18H24ClNS/c1-2-9-20-13-17(7-6-15-8-10-21-14-15)11-16-4-3-5-18(19)12-16/h3-5,8,10,12,14,17,20H,2,6-7,9,11,13H2,1H3. The number of hydrogen-bond acceptors (Lipinski definition) is 2. The minimum absolute atomic E-state index is 0.662. The van der Waals surface area contributed by atoms with Gasteiger partial charge in [-0.2, -0.15) is 11.3 Å². The number of rotatable bonds is 9. The average molecular weight is 322 g/mol. The summed E-state index contributed by atoms with van der Waals surface area (Å²) in [6.45, 7) is 4.40. The van der Waals surface area contributed by atoms with E-state index in [1.807, 2.05) is 12.1 Å². The lowest BCUT2D eigenvalue weighted by Gasteiger charge is -2.18. The van der Waals surface area contributed by atoms with Crippen molar-refractivity contribution in [1.82, 2.24) is 5.32 Å². The van der Waals surface area contributed by atoms with Crippen LogP contribution in [0, 0.1) is 5.92 Å². The molecule has 2 aromatic rings. The number of hydrogen-bond donors (Lipinski definition) is 1. The number of benzene rings is 1. The van der Waals surface area contributed by atoms with Crippen molar-refractivity contribution >= 4 is 22.9 Å². The molecule has 0 aliphatic heterocycles. The minimum atomic E-state index is 0.662. The zero-order valence-corrected chi connectivity index (χ0v) is 14.2. The van der Waals surface area contributed by atoms with Crippen molar-refractivity contribution < 1.29 is 0 Å². The van der Waals surface area contributed by atoms with Crippen molar-refractivity contribution in [3.05, 3.63) is 57.2 Å². The normalized spacial score (nSPS) is 12.5.